The Bertz CT molecular complexity index is 734. The predicted octanol–water partition coefficient (Wildman–Crippen LogP) is 1.44. The first-order chi connectivity index (χ1) is 10.9. The van der Waals surface area contributed by atoms with Gasteiger partial charge in [0.1, 0.15) is 0 Å². The van der Waals surface area contributed by atoms with Crippen LogP contribution in [0.1, 0.15) is 17.4 Å². The predicted molar refractivity (Wildman–Crippen MR) is 82.2 cm³/mol. The van der Waals surface area contributed by atoms with Gasteiger partial charge in [-0.2, -0.15) is 0 Å². The van der Waals surface area contributed by atoms with E-state index in [0.717, 1.165) is 0 Å². The average Bonchev–Trinajstić information content (AvgIpc) is 2.92. The Hall–Kier alpha value is -2.88. The fourth-order valence-corrected chi connectivity index (χ4v) is 1.96. The highest BCUT2D eigenvalue weighted by Gasteiger charge is 2.18. The van der Waals surface area contributed by atoms with Crippen molar-refractivity contribution in [3.8, 4) is 0 Å². The zero-order chi connectivity index (χ0) is 17.0. The van der Waals surface area contributed by atoms with Crippen molar-refractivity contribution in [3.05, 3.63) is 39.0 Å². The molecule has 4 N–H and O–H groups in total. The molecule has 10 nitrogen and oxygen atoms in total. The van der Waals surface area contributed by atoms with E-state index in [9.17, 15) is 14.9 Å². The Morgan fingerprint density at radius 2 is 2.26 bits per heavy atom. The number of nitrogens with one attached hydrogen (secondary N) is 2. The number of nitro groups is 1. The van der Waals surface area contributed by atoms with Crippen molar-refractivity contribution in [1.29, 1.82) is 0 Å². The van der Waals surface area contributed by atoms with Crippen LogP contribution >= 0.6 is 11.6 Å². The minimum Gasteiger partial charge on any atom is -0.382 e. The van der Waals surface area contributed by atoms with E-state index in [4.69, 9.17) is 17.3 Å². The molecule has 2 aromatic rings. The number of rotatable bonds is 6. The van der Waals surface area contributed by atoms with Gasteiger partial charge in [-0.25, -0.2) is 4.63 Å². The Morgan fingerprint density at radius 1 is 1.52 bits per heavy atom. The fourth-order valence-electron chi connectivity index (χ4n) is 1.72. The van der Waals surface area contributed by atoms with E-state index in [0.29, 0.717) is 12.2 Å². The number of hydrogen-bond donors (Lipinski definition) is 3. The van der Waals surface area contributed by atoms with Gasteiger partial charge >= 0.3 is 0 Å². The highest BCUT2D eigenvalue weighted by atomic mass is 35.5. The summed E-state index contributed by atoms with van der Waals surface area (Å²) in [5.41, 5.74) is 5.75. The number of hydrogen-bond acceptors (Lipinski definition) is 8. The zero-order valence-electron chi connectivity index (χ0n) is 11.9. The minimum absolute atomic E-state index is 0.0924. The molecule has 122 valence electrons. The van der Waals surface area contributed by atoms with E-state index < -0.39 is 10.8 Å². The number of aromatic nitrogens is 2. The maximum absolute atomic E-state index is 11.9. The summed E-state index contributed by atoms with van der Waals surface area (Å²) in [6, 6.07) is 3.77. The van der Waals surface area contributed by atoms with Gasteiger partial charge < -0.3 is 16.4 Å². The Morgan fingerprint density at radius 3 is 2.83 bits per heavy atom. The molecule has 1 aromatic carbocycles. The van der Waals surface area contributed by atoms with Crippen LogP contribution in [-0.4, -0.2) is 33.7 Å². The van der Waals surface area contributed by atoms with Crippen molar-refractivity contribution in [1.82, 2.24) is 15.6 Å². The smallest absolute Gasteiger partial charge is 0.277 e. The first-order valence-electron chi connectivity index (χ1n) is 6.45. The van der Waals surface area contributed by atoms with E-state index >= 15 is 0 Å². The summed E-state index contributed by atoms with van der Waals surface area (Å²) in [7, 11) is 0. The molecule has 0 aliphatic rings. The van der Waals surface area contributed by atoms with E-state index in [1.165, 1.54) is 18.2 Å². The third kappa shape index (κ3) is 4.07. The maximum Gasteiger partial charge on any atom is 0.277 e. The van der Waals surface area contributed by atoms with Crippen LogP contribution < -0.4 is 16.4 Å². The minimum atomic E-state index is -0.533. The summed E-state index contributed by atoms with van der Waals surface area (Å²) in [4.78, 5) is 22.0. The van der Waals surface area contributed by atoms with Crippen LogP contribution in [0.2, 0.25) is 5.02 Å². The summed E-state index contributed by atoms with van der Waals surface area (Å²) in [5, 5.41) is 23.2. The van der Waals surface area contributed by atoms with Crippen molar-refractivity contribution in [2.75, 3.05) is 17.6 Å². The molecule has 1 atom stereocenters. The van der Waals surface area contributed by atoms with Crippen molar-refractivity contribution in [3.63, 3.8) is 0 Å². The van der Waals surface area contributed by atoms with Gasteiger partial charge in [0.25, 0.3) is 11.6 Å². The monoisotopic (exact) mass is 340 g/mol. The molecule has 1 unspecified atom stereocenters. The molecule has 0 fully saturated rings. The van der Waals surface area contributed by atoms with Gasteiger partial charge in [0.2, 0.25) is 11.5 Å². The van der Waals surface area contributed by atoms with Crippen LogP contribution in [-0.2, 0) is 0 Å². The number of halogens is 1. The number of benzene rings is 1. The molecule has 0 spiro atoms. The van der Waals surface area contributed by atoms with Gasteiger partial charge in [-0.1, -0.05) is 11.6 Å². The van der Waals surface area contributed by atoms with Gasteiger partial charge in [0, 0.05) is 24.7 Å². The summed E-state index contributed by atoms with van der Waals surface area (Å²) in [6.07, 6.45) is 0. The van der Waals surface area contributed by atoms with Crippen molar-refractivity contribution in [2.24, 2.45) is 0 Å². The highest BCUT2D eigenvalue weighted by Crippen LogP contribution is 2.26. The van der Waals surface area contributed by atoms with Gasteiger partial charge in [0.15, 0.2) is 0 Å². The third-order valence-corrected chi connectivity index (χ3v) is 3.18. The van der Waals surface area contributed by atoms with E-state index in [1.807, 2.05) is 0 Å². The van der Waals surface area contributed by atoms with Crippen molar-refractivity contribution >= 4 is 34.7 Å². The van der Waals surface area contributed by atoms with Crippen molar-refractivity contribution in [2.45, 2.75) is 13.0 Å². The fraction of sp³-hybridized carbons (Fsp3) is 0.250. The van der Waals surface area contributed by atoms with E-state index in [-0.39, 0.29) is 28.3 Å². The second-order valence-electron chi connectivity index (χ2n) is 4.67. The quantitative estimate of drug-likeness (QED) is 0.528. The second-order valence-corrected chi connectivity index (χ2v) is 5.08. The lowest BCUT2D eigenvalue weighted by molar-refractivity contribution is -0.384. The lowest BCUT2D eigenvalue weighted by Gasteiger charge is -2.15. The van der Waals surface area contributed by atoms with Crippen molar-refractivity contribution < 1.29 is 14.3 Å². The normalized spacial score (nSPS) is 11.7. The Balaban J connectivity index is 1.92. The molecule has 2 rings (SSSR count). The summed E-state index contributed by atoms with van der Waals surface area (Å²) < 4.78 is 4.35. The largest absolute Gasteiger partial charge is 0.382 e. The van der Waals surface area contributed by atoms with Crippen LogP contribution in [0.25, 0.3) is 0 Å². The van der Waals surface area contributed by atoms with Crippen LogP contribution in [0.4, 0.5) is 17.2 Å². The topological polar surface area (TPSA) is 149 Å². The summed E-state index contributed by atoms with van der Waals surface area (Å²) >= 11 is 5.96. The first kappa shape index (κ1) is 16.5. The number of carbonyl (C=O) groups is 1. The standard InChI is InChI=1S/C12H13ClN6O4/c1-6(16-12(20)10-11(14)18-23-17-10)5-15-9-3-2-7(19(21)22)4-8(9)13/h2-4,6,15H,5H2,1H3,(H2,14,18)(H,16,20). The number of nitro benzene ring substituents is 1. The van der Waals surface area contributed by atoms with Gasteiger partial charge in [-0.05, 0) is 23.3 Å². The molecule has 0 radical (unpaired) electrons. The number of amides is 1. The molecular weight excluding hydrogens is 328 g/mol. The number of nitrogens with zero attached hydrogens (tertiary/aromatic N) is 3. The number of carbonyl (C=O) groups excluding carboxylic acids is 1. The van der Waals surface area contributed by atoms with Crippen LogP contribution in [0.5, 0.6) is 0 Å². The second kappa shape index (κ2) is 6.92. The molecule has 1 aromatic heterocycles. The summed E-state index contributed by atoms with van der Waals surface area (Å²) in [5.74, 6) is -0.617. The molecule has 23 heavy (non-hydrogen) atoms. The molecular formula is C12H13ClN6O4. The maximum atomic E-state index is 11.9. The number of non-ortho nitro benzene ring substituents is 1. The van der Waals surface area contributed by atoms with Crippen LogP contribution in [0, 0.1) is 10.1 Å². The van der Waals surface area contributed by atoms with E-state index in [1.54, 1.807) is 6.92 Å². The summed E-state index contributed by atoms with van der Waals surface area (Å²) in [6.45, 7) is 2.07. The van der Waals surface area contributed by atoms with Crippen LogP contribution in [0.15, 0.2) is 22.8 Å². The lowest BCUT2D eigenvalue weighted by atomic mass is 10.2. The molecule has 1 amide bonds. The Kier molecular flexibility index (Phi) is 4.96. The first-order valence-corrected chi connectivity index (χ1v) is 6.83. The van der Waals surface area contributed by atoms with Gasteiger partial charge in [-0.15, -0.1) is 0 Å². The molecule has 0 aliphatic carbocycles. The van der Waals surface area contributed by atoms with Gasteiger partial charge in [0.05, 0.1) is 15.6 Å². The highest BCUT2D eigenvalue weighted by molar-refractivity contribution is 6.33. The lowest BCUT2D eigenvalue weighted by Crippen LogP contribution is -2.37. The molecule has 0 bridgehead atoms. The average molecular weight is 341 g/mol. The van der Waals surface area contributed by atoms with Crippen LogP contribution in [0.3, 0.4) is 0 Å². The SMILES string of the molecule is CC(CNc1ccc([N+](=O)[O-])cc1Cl)NC(=O)c1nonc1N. The zero-order valence-corrected chi connectivity index (χ0v) is 12.7. The number of nitrogen functional groups attached to an aromatic ring is 1. The molecule has 0 aliphatic heterocycles. The number of nitrogens with two attached hydrogens (primary N) is 1. The van der Waals surface area contributed by atoms with Gasteiger partial charge in [-0.3, -0.25) is 14.9 Å². The molecule has 1 heterocycles. The third-order valence-electron chi connectivity index (χ3n) is 2.87. The number of anilines is 2. The Labute approximate surface area is 135 Å². The molecule has 0 saturated carbocycles. The molecule has 11 heteroatoms. The molecule has 0 saturated heterocycles. The van der Waals surface area contributed by atoms with E-state index in [2.05, 4.69) is 25.6 Å².